The maximum Gasteiger partial charge on any atom is 0.312 e. The first-order chi connectivity index (χ1) is 9.63. The van der Waals surface area contributed by atoms with Crippen LogP contribution in [0.15, 0.2) is 36.4 Å². The van der Waals surface area contributed by atoms with E-state index in [0.717, 1.165) is 6.07 Å². The number of nitrogens with zero attached hydrogens (tertiary/aromatic N) is 4. The summed E-state index contributed by atoms with van der Waals surface area (Å²) in [6, 6.07) is 12.0. The van der Waals surface area contributed by atoms with Crippen LogP contribution < -0.4 is 4.74 Å². The summed E-state index contributed by atoms with van der Waals surface area (Å²) in [5.74, 6) is 0.0217. The lowest BCUT2D eigenvalue weighted by atomic mass is 10.2. The van der Waals surface area contributed by atoms with Crippen LogP contribution in [0.4, 0.5) is 5.69 Å². The summed E-state index contributed by atoms with van der Waals surface area (Å²) in [6.07, 6.45) is 0. The Morgan fingerprint density at radius 1 is 1.20 bits per heavy atom. The van der Waals surface area contributed by atoms with E-state index < -0.39 is 4.92 Å². The molecule has 20 heavy (non-hydrogen) atoms. The number of hydrogen-bond donors (Lipinski definition) is 0. The van der Waals surface area contributed by atoms with Crippen molar-refractivity contribution in [1.29, 1.82) is 10.5 Å². The fraction of sp³-hybridized carbons (Fsp3) is 0. The highest BCUT2D eigenvalue weighted by Crippen LogP contribution is 2.31. The molecule has 0 aliphatic carbocycles. The lowest BCUT2D eigenvalue weighted by molar-refractivity contribution is -0.385. The Kier molecular flexibility index (Phi) is 3.55. The Hall–Kier alpha value is -3.45. The van der Waals surface area contributed by atoms with Gasteiger partial charge in [0.05, 0.1) is 16.6 Å². The second-order valence-electron chi connectivity index (χ2n) is 3.63. The zero-order valence-electron chi connectivity index (χ0n) is 9.98. The molecule has 0 saturated heterocycles. The molecular weight excluding hydrogens is 260 g/mol. The molecule has 1 heterocycles. The van der Waals surface area contributed by atoms with E-state index in [1.807, 2.05) is 12.1 Å². The number of nitriles is 2. The van der Waals surface area contributed by atoms with Gasteiger partial charge in [0.25, 0.3) is 0 Å². The van der Waals surface area contributed by atoms with Gasteiger partial charge in [0.1, 0.15) is 11.8 Å². The van der Waals surface area contributed by atoms with Crippen LogP contribution in [0.2, 0.25) is 0 Å². The van der Waals surface area contributed by atoms with Crippen LogP contribution in [0.3, 0.4) is 0 Å². The number of hydrogen-bond acceptors (Lipinski definition) is 6. The zero-order chi connectivity index (χ0) is 14.5. The maximum absolute atomic E-state index is 10.9. The molecule has 0 unspecified atom stereocenters. The van der Waals surface area contributed by atoms with Gasteiger partial charge in [-0.05, 0) is 18.2 Å². The van der Waals surface area contributed by atoms with Crippen molar-refractivity contribution < 1.29 is 9.66 Å². The minimum Gasteiger partial charge on any atom is -0.432 e. The van der Waals surface area contributed by atoms with Gasteiger partial charge in [0.2, 0.25) is 11.6 Å². The van der Waals surface area contributed by atoms with Gasteiger partial charge in [-0.15, -0.1) is 0 Å². The summed E-state index contributed by atoms with van der Waals surface area (Å²) >= 11 is 0. The molecule has 0 radical (unpaired) electrons. The van der Waals surface area contributed by atoms with Gasteiger partial charge in [0.15, 0.2) is 0 Å². The van der Waals surface area contributed by atoms with Crippen LogP contribution in [0.5, 0.6) is 11.6 Å². The normalized spacial score (nSPS) is 9.30. The Balaban J connectivity index is 2.41. The van der Waals surface area contributed by atoms with Crippen molar-refractivity contribution in [3.8, 4) is 23.8 Å². The van der Waals surface area contributed by atoms with E-state index in [2.05, 4.69) is 4.98 Å². The number of rotatable bonds is 3. The topological polar surface area (TPSA) is 113 Å². The predicted molar refractivity (Wildman–Crippen MR) is 66.8 cm³/mol. The van der Waals surface area contributed by atoms with Crippen molar-refractivity contribution in [2.45, 2.75) is 0 Å². The summed E-state index contributed by atoms with van der Waals surface area (Å²) in [5.41, 5.74) is -0.0465. The molecule has 0 bridgehead atoms. The van der Waals surface area contributed by atoms with Crippen LogP contribution in [0.1, 0.15) is 11.3 Å². The van der Waals surface area contributed by atoms with Crippen molar-refractivity contribution in [2.24, 2.45) is 0 Å². The number of nitro groups is 1. The van der Waals surface area contributed by atoms with E-state index >= 15 is 0 Å². The number of aromatic nitrogens is 1. The Bertz CT molecular complexity index is 759. The van der Waals surface area contributed by atoms with Gasteiger partial charge >= 0.3 is 5.69 Å². The van der Waals surface area contributed by atoms with Crippen LogP contribution in [-0.4, -0.2) is 9.91 Å². The van der Waals surface area contributed by atoms with Gasteiger partial charge in [-0.1, -0.05) is 6.07 Å². The quantitative estimate of drug-likeness (QED) is 0.623. The summed E-state index contributed by atoms with van der Waals surface area (Å²) in [6.45, 7) is 0. The monoisotopic (exact) mass is 266 g/mol. The number of ether oxygens (including phenoxy) is 1. The lowest BCUT2D eigenvalue weighted by Crippen LogP contribution is -1.96. The largest absolute Gasteiger partial charge is 0.432 e. The van der Waals surface area contributed by atoms with Crippen molar-refractivity contribution in [3.05, 3.63) is 57.8 Å². The average Bonchev–Trinajstić information content (AvgIpc) is 2.47. The minimum absolute atomic E-state index is 0.0448. The number of benzene rings is 1. The molecule has 0 fully saturated rings. The highest BCUT2D eigenvalue weighted by Gasteiger charge is 2.17. The minimum atomic E-state index is -0.648. The van der Waals surface area contributed by atoms with Crippen LogP contribution >= 0.6 is 0 Å². The third-order valence-electron chi connectivity index (χ3n) is 2.34. The summed E-state index contributed by atoms with van der Waals surface area (Å²) in [5, 5.41) is 28.4. The van der Waals surface area contributed by atoms with Crippen molar-refractivity contribution in [1.82, 2.24) is 4.98 Å². The molecule has 0 aliphatic heterocycles. The molecule has 7 heteroatoms. The van der Waals surface area contributed by atoms with E-state index in [9.17, 15) is 10.1 Å². The smallest absolute Gasteiger partial charge is 0.312 e. The fourth-order valence-electron chi connectivity index (χ4n) is 1.46. The number of nitro benzene ring substituents is 1. The Morgan fingerprint density at radius 2 is 2.00 bits per heavy atom. The van der Waals surface area contributed by atoms with Crippen molar-refractivity contribution in [2.75, 3.05) is 0 Å². The molecule has 0 saturated carbocycles. The summed E-state index contributed by atoms with van der Waals surface area (Å²) < 4.78 is 5.30. The zero-order valence-corrected chi connectivity index (χ0v) is 9.98. The first kappa shape index (κ1) is 13.0. The van der Waals surface area contributed by atoms with Crippen LogP contribution in [0.25, 0.3) is 0 Å². The maximum atomic E-state index is 10.9. The molecule has 0 atom stereocenters. The van der Waals surface area contributed by atoms with Gasteiger partial charge in [-0.2, -0.15) is 10.5 Å². The molecule has 0 spiro atoms. The van der Waals surface area contributed by atoms with Gasteiger partial charge in [-0.25, -0.2) is 4.98 Å². The summed E-state index contributed by atoms with van der Waals surface area (Å²) in [4.78, 5) is 14.2. The Labute approximate surface area is 113 Å². The SMILES string of the molecule is N#Cc1ccc(Oc2cccc(C#N)n2)c([N+](=O)[O-])c1. The molecule has 2 aromatic rings. The van der Waals surface area contributed by atoms with Gasteiger partial charge < -0.3 is 4.74 Å². The number of pyridine rings is 1. The molecule has 2 rings (SSSR count). The van der Waals surface area contributed by atoms with E-state index in [1.54, 1.807) is 6.07 Å². The first-order valence-electron chi connectivity index (χ1n) is 5.37. The van der Waals surface area contributed by atoms with Crippen molar-refractivity contribution >= 4 is 5.69 Å². The predicted octanol–water partition coefficient (Wildman–Crippen LogP) is 2.53. The van der Waals surface area contributed by atoms with E-state index in [4.69, 9.17) is 15.3 Å². The molecule has 0 amide bonds. The second kappa shape index (κ2) is 5.46. The molecule has 1 aromatic heterocycles. The fourth-order valence-corrected chi connectivity index (χ4v) is 1.46. The molecular formula is C13H6N4O3. The average molecular weight is 266 g/mol. The second-order valence-corrected chi connectivity index (χ2v) is 3.63. The van der Waals surface area contributed by atoms with E-state index in [-0.39, 0.29) is 28.6 Å². The highest BCUT2D eigenvalue weighted by molar-refractivity contribution is 5.52. The molecule has 7 nitrogen and oxygen atoms in total. The van der Waals surface area contributed by atoms with Crippen molar-refractivity contribution in [3.63, 3.8) is 0 Å². The molecule has 0 N–H and O–H groups in total. The van der Waals surface area contributed by atoms with Gasteiger partial charge in [-0.3, -0.25) is 10.1 Å². The van der Waals surface area contributed by atoms with Crippen LogP contribution in [-0.2, 0) is 0 Å². The van der Waals surface area contributed by atoms with Gasteiger partial charge in [0, 0.05) is 12.1 Å². The molecule has 1 aromatic carbocycles. The first-order valence-corrected chi connectivity index (χ1v) is 5.37. The third-order valence-corrected chi connectivity index (χ3v) is 2.34. The Morgan fingerprint density at radius 3 is 2.65 bits per heavy atom. The standard InChI is InChI=1S/C13H6N4O3/c14-7-9-4-5-12(11(6-9)17(18)19)20-13-3-1-2-10(8-15)16-13/h1-6H. The van der Waals surface area contributed by atoms with E-state index in [1.165, 1.54) is 24.3 Å². The van der Waals surface area contributed by atoms with Crippen LogP contribution in [0, 0.1) is 32.8 Å². The lowest BCUT2D eigenvalue weighted by Gasteiger charge is -2.05. The molecule has 0 aliphatic rings. The molecule has 96 valence electrons. The third kappa shape index (κ3) is 2.68. The summed E-state index contributed by atoms with van der Waals surface area (Å²) in [7, 11) is 0. The van der Waals surface area contributed by atoms with E-state index in [0.29, 0.717) is 0 Å². The highest BCUT2D eigenvalue weighted by atomic mass is 16.6.